The maximum absolute atomic E-state index is 13.5. The van der Waals surface area contributed by atoms with Crippen LogP contribution in [0.2, 0.25) is 0 Å². The molecule has 1 aromatic carbocycles. The largest absolute Gasteiger partial charge is 0.502 e. The number of amides is 1. The van der Waals surface area contributed by atoms with Crippen molar-refractivity contribution in [1.82, 2.24) is 10.6 Å². The van der Waals surface area contributed by atoms with Gasteiger partial charge in [0, 0.05) is 6.54 Å². The monoisotopic (exact) mass is 415 g/mol. The Balaban J connectivity index is 1.85. The van der Waals surface area contributed by atoms with Gasteiger partial charge in [-0.15, -0.1) is 11.3 Å². The molecule has 3 rings (SSSR count). The first-order valence-electron chi connectivity index (χ1n) is 7.76. The van der Waals surface area contributed by atoms with E-state index >= 15 is 0 Å². The van der Waals surface area contributed by atoms with Crippen LogP contribution in [-0.2, 0) is 23.2 Å². The molecule has 1 aliphatic heterocycles. The Kier molecular flexibility index (Phi) is 5.02. The number of rotatable bonds is 4. The van der Waals surface area contributed by atoms with E-state index in [1.807, 2.05) is 0 Å². The highest BCUT2D eigenvalue weighted by Crippen LogP contribution is 2.32. The molecule has 28 heavy (non-hydrogen) atoms. The maximum atomic E-state index is 13.5. The average molecular weight is 415 g/mol. The molecule has 0 aliphatic carbocycles. The third-order valence-corrected chi connectivity index (χ3v) is 4.85. The number of carbonyl (C=O) groups is 1. The summed E-state index contributed by atoms with van der Waals surface area (Å²) in [5.41, 5.74) is -3.11. The summed E-state index contributed by atoms with van der Waals surface area (Å²) >= 11 is 1.13. The Hall–Kier alpha value is -3.08. The fourth-order valence-electron chi connectivity index (χ4n) is 2.55. The molecule has 2 aromatic rings. The lowest BCUT2D eigenvalue weighted by atomic mass is 10.1. The second kappa shape index (κ2) is 7.15. The first kappa shape index (κ1) is 19.7. The summed E-state index contributed by atoms with van der Waals surface area (Å²) in [6, 6.07) is 5.13. The minimum Gasteiger partial charge on any atom is -0.502 e. The number of thiophene rings is 1. The van der Waals surface area contributed by atoms with Gasteiger partial charge >= 0.3 is 6.18 Å². The Morgan fingerprint density at radius 1 is 1.29 bits per heavy atom. The van der Waals surface area contributed by atoms with Gasteiger partial charge in [0.25, 0.3) is 5.91 Å². The highest BCUT2D eigenvalue weighted by Gasteiger charge is 2.44. The number of hydrogen-bond donors (Lipinski definition) is 4. The van der Waals surface area contributed by atoms with Crippen molar-refractivity contribution in [1.29, 1.82) is 0 Å². The minimum absolute atomic E-state index is 0.107. The topological polar surface area (TPSA) is 94.0 Å². The Bertz CT molecular complexity index is 957. The molecule has 0 fully saturated rings. The third-order valence-electron chi connectivity index (χ3n) is 3.87. The van der Waals surface area contributed by atoms with Gasteiger partial charge in [-0.3, -0.25) is 4.79 Å². The van der Waals surface area contributed by atoms with Crippen molar-refractivity contribution in [3.8, 4) is 0 Å². The molecular formula is C17H13F4N3O3S. The van der Waals surface area contributed by atoms with E-state index < -0.39 is 47.3 Å². The molecule has 148 valence electrons. The molecule has 0 radical (unpaired) electrons. The van der Waals surface area contributed by atoms with E-state index in [1.54, 1.807) is 17.5 Å². The molecule has 1 unspecified atom stereocenters. The van der Waals surface area contributed by atoms with Crippen LogP contribution in [0.25, 0.3) is 0 Å². The van der Waals surface area contributed by atoms with Crippen molar-refractivity contribution in [3.63, 3.8) is 0 Å². The summed E-state index contributed by atoms with van der Waals surface area (Å²) in [6.07, 6.45) is -3.85. The zero-order chi connectivity index (χ0) is 20.5. The van der Waals surface area contributed by atoms with Crippen LogP contribution in [0.1, 0.15) is 16.0 Å². The van der Waals surface area contributed by atoms with Crippen molar-refractivity contribution < 1.29 is 32.6 Å². The highest BCUT2D eigenvalue weighted by molar-refractivity contribution is 7.10. The lowest BCUT2D eigenvalue weighted by molar-refractivity contribution is -0.137. The quantitative estimate of drug-likeness (QED) is 0.577. The molecule has 2 heterocycles. The van der Waals surface area contributed by atoms with Gasteiger partial charge in [-0.1, -0.05) is 6.07 Å². The van der Waals surface area contributed by atoms with Crippen LogP contribution in [0.4, 0.5) is 17.6 Å². The molecule has 4 N–H and O–H groups in total. The zero-order valence-electron chi connectivity index (χ0n) is 13.9. The number of allylic oxidation sites excluding steroid dienone is 1. The number of nitrogens with one attached hydrogen (secondary N) is 2. The van der Waals surface area contributed by atoms with Gasteiger partial charge < -0.3 is 20.8 Å². The summed E-state index contributed by atoms with van der Waals surface area (Å²) in [4.78, 5) is 17.1. The fourth-order valence-corrected chi connectivity index (χ4v) is 3.38. The van der Waals surface area contributed by atoms with Crippen LogP contribution < -0.4 is 10.6 Å². The SMILES string of the molecule is O=C(NCc1cc(F)cc(C(F)(F)F)c1)C1(c2cccs2)N=CC(O)=C(O)N1. The Morgan fingerprint density at radius 3 is 2.64 bits per heavy atom. The number of alkyl halides is 3. The normalized spacial score (nSPS) is 19.4. The second-order valence-electron chi connectivity index (χ2n) is 5.83. The van der Waals surface area contributed by atoms with E-state index in [2.05, 4.69) is 15.6 Å². The van der Waals surface area contributed by atoms with Crippen LogP contribution in [0.3, 0.4) is 0 Å². The van der Waals surface area contributed by atoms with Crippen molar-refractivity contribution in [3.05, 3.63) is 69.2 Å². The van der Waals surface area contributed by atoms with E-state index in [-0.39, 0.29) is 5.56 Å². The maximum Gasteiger partial charge on any atom is 0.416 e. The summed E-state index contributed by atoms with van der Waals surface area (Å²) in [5.74, 6) is -3.18. The summed E-state index contributed by atoms with van der Waals surface area (Å²) in [7, 11) is 0. The molecule has 0 saturated carbocycles. The third kappa shape index (κ3) is 3.79. The molecule has 6 nitrogen and oxygen atoms in total. The fraction of sp³-hybridized carbons (Fsp3) is 0.176. The summed E-state index contributed by atoms with van der Waals surface area (Å²) in [5, 5.41) is 25.7. The van der Waals surface area contributed by atoms with Gasteiger partial charge in [0.05, 0.1) is 16.7 Å². The van der Waals surface area contributed by atoms with E-state index in [0.29, 0.717) is 10.9 Å². The van der Waals surface area contributed by atoms with Crippen LogP contribution in [0.15, 0.2) is 52.3 Å². The number of aliphatic hydroxyl groups is 2. The lowest BCUT2D eigenvalue weighted by Gasteiger charge is -2.31. The minimum atomic E-state index is -4.73. The Morgan fingerprint density at radius 2 is 2.04 bits per heavy atom. The van der Waals surface area contributed by atoms with Crippen LogP contribution in [-0.4, -0.2) is 22.3 Å². The van der Waals surface area contributed by atoms with Crippen molar-refractivity contribution >= 4 is 23.5 Å². The molecule has 11 heteroatoms. The predicted molar refractivity (Wildman–Crippen MR) is 93.2 cm³/mol. The van der Waals surface area contributed by atoms with Gasteiger partial charge in [-0.05, 0) is 35.2 Å². The van der Waals surface area contributed by atoms with Gasteiger partial charge in [-0.25, -0.2) is 9.38 Å². The van der Waals surface area contributed by atoms with Gasteiger partial charge in [0.15, 0.2) is 5.76 Å². The van der Waals surface area contributed by atoms with Crippen LogP contribution in [0, 0.1) is 5.82 Å². The van der Waals surface area contributed by atoms with Crippen molar-refractivity contribution in [2.75, 3.05) is 0 Å². The lowest BCUT2D eigenvalue weighted by Crippen LogP contribution is -2.53. The van der Waals surface area contributed by atoms with E-state index in [4.69, 9.17) is 0 Å². The van der Waals surface area contributed by atoms with Crippen molar-refractivity contribution in [2.24, 2.45) is 4.99 Å². The number of benzene rings is 1. The molecule has 1 aromatic heterocycles. The number of halogens is 4. The Labute approximate surface area is 159 Å². The predicted octanol–water partition coefficient (Wildman–Crippen LogP) is 3.33. The van der Waals surface area contributed by atoms with Gasteiger partial charge in [-0.2, -0.15) is 13.2 Å². The number of aliphatic hydroxyl groups excluding tert-OH is 2. The van der Waals surface area contributed by atoms with Crippen LogP contribution >= 0.6 is 11.3 Å². The number of carbonyl (C=O) groups excluding carboxylic acids is 1. The molecule has 1 amide bonds. The van der Waals surface area contributed by atoms with Crippen molar-refractivity contribution in [2.45, 2.75) is 18.4 Å². The summed E-state index contributed by atoms with van der Waals surface area (Å²) in [6.45, 7) is -0.416. The van der Waals surface area contributed by atoms with Gasteiger partial charge in [0.1, 0.15) is 5.82 Å². The van der Waals surface area contributed by atoms with E-state index in [1.165, 1.54) is 0 Å². The second-order valence-corrected chi connectivity index (χ2v) is 6.78. The standard InChI is InChI=1S/C17H13F4N3O3S/c18-11-5-9(4-10(6-11)17(19,20)21)7-22-15(27)16(13-2-1-3-28-13)23-8-12(25)14(26)24-16/h1-6,8,24-26H,7H2,(H,22,27). The molecule has 1 aliphatic rings. The van der Waals surface area contributed by atoms with E-state index in [0.717, 1.165) is 29.7 Å². The first-order chi connectivity index (χ1) is 13.1. The molecule has 0 spiro atoms. The molecule has 0 bridgehead atoms. The number of aliphatic imine (C=N–C) groups is 1. The number of nitrogens with zero attached hydrogens (tertiary/aromatic N) is 1. The molecular weight excluding hydrogens is 402 g/mol. The van der Waals surface area contributed by atoms with Crippen LogP contribution in [0.5, 0.6) is 0 Å². The first-order valence-corrected chi connectivity index (χ1v) is 8.64. The smallest absolute Gasteiger partial charge is 0.416 e. The number of hydrogen-bond acceptors (Lipinski definition) is 6. The highest BCUT2D eigenvalue weighted by atomic mass is 32.1. The van der Waals surface area contributed by atoms with E-state index in [9.17, 15) is 32.6 Å². The average Bonchev–Trinajstić information content (AvgIpc) is 3.16. The summed E-state index contributed by atoms with van der Waals surface area (Å²) < 4.78 is 52.0. The van der Waals surface area contributed by atoms with Gasteiger partial charge in [0.2, 0.25) is 11.5 Å². The molecule has 0 saturated heterocycles. The zero-order valence-corrected chi connectivity index (χ0v) is 14.7. The molecule has 1 atom stereocenters.